The molecule has 0 spiro atoms. The van der Waals surface area contributed by atoms with E-state index in [2.05, 4.69) is 20.9 Å². The van der Waals surface area contributed by atoms with Gasteiger partial charge in [0.15, 0.2) is 9.84 Å². The third-order valence-electron chi connectivity index (χ3n) is 3.65. The third-order valence-corrected chi connectivity index (χ3v) is 5.79. The Morgan fingerprint density at radius 3 is 2.33 bits per heavy atom. The normalized spacial score (nSPS) is 16.6. The lowest BCUT2D eigenvalue weighted by Gasteiger charge is -2.26. The molecule has 0 aliphatic carbocycles. The van der Waals surface area contributed by atoms with Crippen molar-refractivity contribution in [1.29, 1.82) is 0 Å². The first kappa shape index (κ1) is 16.9. The van der Waals surface area contributed by atoms with Crippen LogP contribution in [0.15, 0.2) is 47.1 Å². The first-order chi connectivity index (χ1) is 11.4. The molecule has 1 amide bonds. The highest BCUT2D eigenvalue weighted by Crippen LogP contribution is 2.22. The molecule has 0 bridgehead atoms. The van der Waals surface area contributed by atoms with Crippen LogP contribution < -0.4 is 4.74 Å². The third kappa shape index (κ3) is 4.12. The van der Waals surface area contributed by atoms with Crippen LogP contribution >= 0.6 is 15.9 Å². The van der Waals surface area contributed by atoms with E-state index in [0.717, 1.165) is 4.47 Å². The molecule has 0 atom stereocenters. The van der Waals surface area contributed by atoms with E-state index >= 15 is 0 Å². The highest BCUT2D eigenvalue weighted by molar-refractivity contribution is 9.10. The summed E-state index contributed by atoms with van der Waals surface area (Å²) in [6, 6.07) is 10.6. The number of carbonyl (C=O) groups is 1. The summed E-state index contributed by atoms with van der Waals surface area (Å²) in [6.45, 7) is 0.441. The zero-order chi connectivity index (χ0) is 17.2. The lowest BCUT2D eigenvalue weighted by atomic mass is 10.2. The molecule has 6 nitrogen and oxygen atoms in total. The molecule has 3 rings (SSSR count). The number of nitrogens with zero attached hydrogens (tertiary/aromatic N) is 2. The molecule has 1 fully saturated rings. The van der Waals surface area contributed by atoms with Crippen LogP contribution in [0.2, 0.25) is 0 Å². The van der Waals surface area contributed by atoms with Gasteiger partial charge in [0.1, 0.15) is 5.75 Å². The predicted molar refractivity (Wildman–Crippen MR) is 93.0 cm³/mol. The molecule has 2 heterocycles. The number of benzene rings is 1. The van der Waals surface area contributed by atoms with Gasteiger partial charge in [-0.2, -0.15) is 0 Å². The SMILES string of the molecule is O=C(c1ccc(Oc2ccc(Br)cc2)nc1)N1CCS(=O)(=O)CC1. The van der Waals surface area contributed by atoms with E-state index in [9.17, 15) is 13.2 Å². The van der Waals surface area contributed by atoms with Crippen LogP contribution in [0, 0.1) is 0 Å². The quantitative estimate of drug-likeness (QED) is 0.776. The van der Waals surface area contributed by atoms with Crippen molar-refractivity contribution >= 4 is 31.7 Å². The summed E-state index contributed by atoms with van der Waals surface area (Å²) < 4.78 is 29.4. The summed E-state index contributed by atoms with van der Waals surface area (Å²) in [5.41, 5.74) is 0.414. The maximum atomic E-state index is 12.4. The Bertz CT molecular complexity index is 821. The van der Waals surface area contributed by atoms with Gasteiger partial charge in [-0.15, -0.1) is 0 Å². The molecule has 126 valence electrons. The Balaban J connectivity index is 1.65. The molecule has 1 aromatic heterocycles. The van der Waals surface area contributed by atoms with Gasteiger partial charge in [-0.25, -0.2) is 13.4 Å². The van der Waals surface area contributed by atoms with Crippen LogP contribution in [0.3, 0.4) is 0 Å². The molecule has 1 aliphatic rings. The van der Waals surface area contributed by atoms with Crippen molar-refractivity contribution < 1.29 is 17.9 Å². The topological polar surface area (TPSA) is 76.6 Å². The summed E-state index contributed by atoms with van der Waals surface area (Å²) in [7, 11) is -3.01. The maximum Gasteiger partial charge on any atom is 0.255 e. The number of halogens is 1. The highest BCUT2D eigenvalue weighted by atomic mass is 79.9. The Morgan fingerprint density at radius 1 is 1.08 bits per heavy atom. The van der Waals surface area contributed by atoms with Crippen LogP contribution in [0.5, 0.6) is 11.6 Å². The highest BCUT2D eigenvalue weighted by Gasteiger charge is 2.25. The molecule has 1 saturated heterocycles. The second-order valence-electron chi connectivity index (χ2n) is 5.39. The Morgan fingerprint density at radius 2 is 1.75 bits per heavy atom. The molecule has 1 aromatic carbocycles. The summed E-state index contributed by atoms with van der Waals surface area (Å²) in [6.07, 6.45) is 1.44. The van der Waals surface area contributed by atoms with Crippen molar-refractivity contribution in [2.24, 2.45) is 0 Å². The van der Waals surface area contributed by atoms with Crippen molar-refractivity contribution in [2.75, 3.05) is 24.6 Å². The van der Waals surface area contributed by atoms with E-state index in [1.54, 1.807) is 24.3 Å². The van der Waals surface area contributed by atoms with Gasteiger partial charge >= 0.3 is 0 Å². The smallest absolute Gasteiger partial charge is 0.255 e. The van der Waals surface area contributed by atoms with Crippen molar-refractivity contribution in [1.82, 2.24) is 9.88 Å². The van der Waals surface area contributed by atoms with E-state index in [1.165, 1.54) is 11.1 Å². The fourth-order valence-corrected chi connectivity index (χ4v) is 3.75. The number of ether oxygens (including phenoxy) is 1. The van der Waals surface area contributed by atoms with Crippen molar-refractivity contribution in [2.45, 2.75) is 0 Å². The molecular weight excluding hydrogens is 396 g/mol. The van der Waals surface area contributed by atoms with Gasteiger partial charge in [0, 0.05) is 29.8 Å². The number of rotatable bonds is 3. The largest absolute Gasteiger partial charge is 0.439 e. The molecule has 0 saturated carbocycles. The van der Waals surface area contributed by atoms with Crippen LogP contribution in [-0.4, -0.2) is 48.8 Å². The maximum absolute atomic E-state index is 12.4. The second-order valence-corrected chi connectivity index (χ2v) is 8.60. The molecule has 2 aromatic rings. The summed E-state index contributed by atoms with van der Waals surface area (Å²) >= 11 is 3.35. The van der Waals surface area contributed by atoms with Gasteiger partial charge in [0.05, 0.1) is 17.1 Å². The van der Waals surface area contributed by atoms with Crippen molar-refractivity contribution in [3.05, 3.63) is 52.6 Å². The molecule has 8 heteroatoms. The fraction of sp³-hybridized carbons (Fsp3) is 0.250. The lowest BCUT2D eigenvalue weighted by Crippen LogP contribution is -2.43. The van der Waals surface area contributed by atoms with Crippen LogP contribution in [0.25, 0.3) is 0 Å². The summed E-state index contributed by atoms with van der Waals surface area (Å²) in [5.74, 6) is 0.835. The minimum Gasteiger partial charge on any atom is -0.439 e. The van der Waals surface area contributed by atoms with Gasteiger partial charge in [-0.05, 0) is 30.3 Å². The number of amides is 1. The number of sulfone groups is 1. The van der Waals surface area contributed by atoms with E-state index in [4.69, 9.17) is 4.74 Å². The first-order valence-electron chi connectivity index (χ1n) is 7.32. The second kappa shape index (κ2) is 6.90. The number of carbonyl (C=O) groups excluding carboxylic acids is 1. The zero-order valence-electron chi connectivity index (χ0n) is 12.7. The molecule has 0 unspecified atom stereocenters. The minimum atomic E-state index is -3.01. The molecule has 1 aliphatic heterocycles. The van der Waals surface area contributed by atoms with Gasteiger partial charge < -0.3 is 9.64 Å². The van der Waals surface area contributed by atoms with Crippen LogP contribution in [-0.2, 0) is 9.84 Å². The van der Waals surface area contributed by atoms with Crippen LogP contribution in [0.1, 0.15) is 10.4 Å². The number of hydrogen-bond acceptors (Lipinski definition) is 5. The average molecular weight is 411 g/mol. The lowest BCUT2D eigenvalue weighted by molar-refractivity contribution is 0.0770. The van der Waals surface area contributed by atoms with Gasteiger partial charge in [0.2, 0.25) is 5.88 Å². The average Bonchev–Trinajstić information content (AvgIpc) is 2.57. The van der Waals surface area contributed by atoms with E-state index in [-0.39, 0.29) is 30.5 Å². The number of aromatic nitrogens is 1. The Hall–Kier alpha value is -1.93. The summed E-state index contributed by atoms with van der Waals surface area (Å²) in [5, 5.41) is 0. The number of hydrogen-bond donors (Lipinski definition) is 0. The van der Waals surface area contributed by atoms with Gasteiger partial charge in [-0.3, -0.25) is 4.79 Å². The fourth-order valence-electron chi connectivity index (χ4n) is 2.29. The first-order valence-corrected chi connectivity index (χ1v) is 9.93. The standard InChI is InChI=1S/C16H15BrN2O4S/c17-13-2-4-14(5-3-13)23-15-6-1-12(11-18-15)16(20)19-7-9-24(21,22)10-8-19/h1-6,11H,7-10H2. The zero-order valence-corrected chi connectivity index (χ0v) is 15.1. The predicted octanol–water partition coefficient (Wildman–Crippen LogP) is 2.51. The van der Waals surface area contributed by atoms with Crippen LogP contribution in [0.4, 0.5) is 0 Å². The van der Waals surface area contributed by atoms with Gasteiger partial charge in [-0.1, -0.05) is 15.9 Å². The van der Waals surface area contributed by atoms with E-state index in [1.807, 2.05) is 12.1 Å². The Labute approximate surface area is 148 Å². The minimum absolute atomic E-state index is 0.0108. The van der Waals surface area contributed by atoms with E-state index < -0.39 is 9.84 Å². The summed E-state index contributed by atoms with van der Waals surface area (Å²) in [4.78, 5) is 18.0. The molecule has 0 N–H and O–H groups in total. The number of pyridine rings is 1. The van der Waals surface area contributed by atoms with E-state index in [0.29, 0.717) is 17.2 Å². The molecular formula is C16H15BrN2O4S. The van der Waals surface area contributed by atoms with Crippen molar-refractivity contribution in [3.8, 4) is 11.6 Å². The van der Waals surface area contributed by atoms with Crippen molar-refractivity contribution in [3.63, 3.8) is 0 Å². The Kier molecular flexibility index (Phi) is 4.86. The molecule has 0 radical (unpaired) electrons. The van der Waals surface area contributed by atoms with Gasteiger partial charge in [0.25, 0.3) is 5.91 Å². The monoisotopic (exact) mass is 410 g/mol. The molecule has 24 heavy (non-hydrogen) atoms.